The highest BCUT2D eigenvalue weighted by molar-refractivity contribution is 5.99. The first-order valence-electron chi connectivity index (χ1n) is 6.62. The summed E-state index contributed by atoms with van der Waals surface area (Å²) < 4.78 is 10.3. The van der Waals surface area contributed by atoms with Gasteiger partial charge in [0.25, 0.3) is 5.91 Å². The molecule has 1 saturated heterocycles. The lowest BCUT2D eigenvalue weighted by molar-refractivity contribution is 0.0767. The highest BCUT2D eigenvalue weighted by atomic mass is 16.5. The smallest absolute Gasteiger partial charge is 0.254 e. The number of carbonyl (C=O) groups is 1. The van der Waals surface area contributed by atoms with Crippen LogP contribution in [-0.4, -0.2) is 48.7 Å². The average molecular weight is 293 g/mol. The minimum absolute atomic E-state index is 0.0516. The zero-order chi connectivity index (χ0) is 15.4. The SMILES string of the molecule is COc1cc(OC)cc(C(=O)N2CCCC2C(N)=NO)c1. The Kier molecular flexibility index (Phi) is 4.52. The van der Waals surface area contributed by atoms with Crippen LogP contribution < -0.4 is 15.2 Å². The zero-order valence-electron chi connectivity index (χ0n) is 12.1. The minimum Gasteiger partial charge on any atom is -0.497 e. The molecule has 1 aromatic rings. The van der Waals surface area contributed by atoms with Crippen LogP contribution in [-0.2, 0) is 0 Å². The van der Waals surface area contributed by atoms with E-state index in [-0.39, 0.29) is 17.8 Å². The van der Waals surface area contributed by atoms with E-state index in [4.69, 9.17) is 20.4 Å². The van der Waals surface area contributed by atoms with Crippen LogP contribution >= 0.6 is 0 Å². The molecule has 0 spiro atoms. The molecule has 1 heterocycles. The van der Waals surface area contributed by atoms with E-state index in [0.717, 1.165) is 6.42 Å². The van der Waals surface area contributed by atoms with Gasteiger partial charge >= 0.3 is 0 Å². The van der Waals surface area contributed by atoms with Gasteiger partial charge in [0.2, 0.25) is 0 Å². The number of amides is 1. The molecule has 0 aromatic heterocycles. The maximum Gasteiger partial charge on any atom is 0.254 e. The molecule has 21 heavy (non-hydrogen) atoms. The van der Waals surface area contributed by atoms with Crippen LogP contribution in [0.3, 0.4) is 0 Å². The second kappa shape index (κ2) is 6.34. The number of nitrogens with zero attached hydrogens (tertiary/aromatic N) is 2. The molecule has 1 unspecified atom stereocenters. The van der Waals surface area contributed by atoms with Crippen molar-refractivity contribution in [1.29, 1.82) is 0 Å². The van der Waals surface area contributed by atoms with Gasteiger partial charge in [0.05, 0.1) is 20.3 Å². The van der Waals surface area contributed by atoms with Gasteiger partial charge in [-0.15, -0.1) is 0 Å². The summed E-state index contributed by atoms with van der Waals surface area (Å²) in [5.41, 5.74) is 6.10. The van der Waals surface area contributed by atoms with Crippen molar-refractivity contribution < 1.29 is 19.5 Å². The fraction of sp³-hybridized carbons (Fsp3) is 0.429. The molecule has 0 radical (unpaired) electrons. The number of amidine groups is 1. The third-order valence-electron chi connectivity index (χ3n) is 3.57. The van der Waals surface area contributed by atoms with E-state index in [1.807, 2.05) is 0 Å². The van der Waals surface area contributed by atoms with E-state index in [2.05, 4.69) is 5.16 Å². The topological polar surface area (TPSA) is 97.4 Å². The van der Waals surface area contributed by atoms with Crippen LogP contribution in [0.5, 0.6) is 11.5 Å². The summed E-state index contributed by atoms with van der Waals surface area (Å²) in [5.74, 6) is 0.937. The maximum absolute atomic E-state index is 12.6. The van der Waals surface area contributed by atoms with Crippen molar-refractivity contribution in [1.82, 2.24) is 4.90 Å². The summed E-state index contributed by atoms with van der Waals surface area (Å²) in [6.45, 7) is 0.569. The molecule has 1 atom stereocenters. The lowest BCUT2D eigenvalue weighted by atomic mass is 10.1. The Bertz CT molecular complexity index is 537. The predicted molar refractivity (Wildman–Crippen MR) is 77.0 cm³/mol. The lowest BCUT2D eigenvalue weighted by Gasteiger charge is -2.24. The Morgan fingerprint density at radius 1 is 1.33 bits per heavy atom. The van der Waals surface area contributed by atoms with E-state index in [1.165, 1.54) is 14.2 Å². The zero-order valence-corrected chi connectivity index (χ0v) is 12.1. The molecule has 1 aliphatic rings. The van der Waals surface area contributed by atoms with Gasteiger partial charge in [-0.3, -0.25) is 4.79 Å². The Hall–Kier alpha value is -2.44. The molecule has 3 N–H and O–H groups in total. The van der Waals surface area contributed by atoms with E-state index < -0.39 is 0 Å². The highest BCUT2D eigenvalue weighted by Crippen LogP contribution is 2.26. The highest BCUT2D eigenvalue weighted by Gasteiger charge is 2.32. The van der Waals surface area contributed by atoms with Gasteiger partial charge in [-0.2, -0.15) is 0 Å². The first-order valence-corrected chi connectivity index (χ1v) is 6.62. The third kappa shape index (κ3) is 3.01. The molecule has 1 aromatic carbocycles. The van der Waals surface area contributed by atoms with Crippen LogP contribution in [0.25, 0.3) is 0 Å². The predicted octanol–water partition coefficient (Wildman–Crippen LogP) is 1.05. The van der Waals surface area contributed by atoms with Gasteiger partial charge in [-0.05, 0) is 25.0 Å². The van der Waals surface area contributed by atoms with Crippen molar-refractivity contribution in [3.05, 3.63) is 23.8 Å². The number of hydrogen-bond donors (Lipinski definition) is 2. The Morgan fingerprint density at radius 3 is 2.48 bits per heavy atom. The molecule has 1 aliphatic heterocycles. The number of ether oxygens (including phenoxy) is 2. The molecule has 0 saturated carbocycles. The Morgan fingerprint density at radius 2 is 1.95 bits per heavy atom. The number of nitrogens with two attached hydrogens (primary N) is 1. The van der Waals surface area contributed by atoms with Crippen LogP contribution in [0.2, 0.25) is 0 Å². The van der Waals surface area contributed by atoms with Gasteiger partial charge in [0, 0.05) is 18.2 Å². The fourth-order valence-corrected chi connectivity index (χ4v) is 2.48. The standard InChI is InChI=1S/C14H19N3O4/c1-20-10-6-9(7-11(8-10)21-2)14(18)17-5-3-4-12(17)13(15)16-19/h6-8,12,19H,3-5H2,1-2H3,(H2,15,16). The molecule has 1 fully saturated rings. The molecule has 7 nitrogen and oxygen atoms in total. The van der Waals surface area contributed by atoms with Crippen molar-refractivity contribution >= 4 is 11.7 Å². The number of likely N-dealkylation sites (tertiary alicyclic amines) is 1. The van der Waals surface area contributed by atoms with Crippen LogP contribution in [0, 0.1) is 0 Å². The van der Waals surface area contributed by atoms with Gasteiger partial charge in [0.15, 0.2) is 5.84 Å². The van der Waals surface area contributed by atoms with Gasteiger partial charge in [-0.25, -0.2) is 0 Å². The molecular weight excluding hydrogens is 274 g/mol. The second-order valence-electron chi connectivity index (χ2n) is 4.78. The summed E-state index contributed by atoms with van der Waals surface area (Å²) in [5, 5.41) is 11.8. The Labute approximate surface area is 122 Å². The van der Waals surface area contributed by atoms with Crippen LogP contribution in [0.15, 0.2) is 23.4 Å². The second-order valence-corrected chi connectivity index (χ2v) is 4.78. The van der Waals surface area contributed by atoms with Crippen molar-refractivity contribution in [3.8, 4) is 11.5 Å². The van der Waals surface area contributed by atoms with Crippen LogP contribution in [0.1, 0.15) is 23.2 Å². The molecule has 7 heteroatoms. The van der Waals surface area contributed by atoms with Gasteiger partial charge in [-0.1, -0.05) is 5.16 Å². The molecular formula is C14H19N3O4. The molecule has 0 bridgehead atoms. The maximum atomic E-state index is 12.6. The first kappa shape index (κ1) is 15.0. The molecule has 114 valence electrons. The van der Waals surface area contributed by atoms with Crippen LogP contribution in [0.4, 0.5) is 0 Å². The monoisotopic (exact) mass is 293 g/mol. The lowest BCUT2D eigenvalue weighted by Crippen LogP contribution is -2.43. The van der Waals surface area contributed by atoms with Crippen molar-refractivity contribution in [2.45, 2.75) is 18.9 Å². The summed E-state index contributed by atoms with van der Waals surface area (Å²) in [4.78, 5) is 14.2. The fourth-order valence-electron chi connectivity index (χ4n) is 2.48. The normalized spacial score (nSPS) is 18.7. The van der Waals surface area contributed by atoms with E-state index in [9.17, 15) is 4.79 Å². The molecule has 1 amide bonds. The first-order chi connectivity index (χ1) is 10.1. The summed E-state index contributed by atoms with van der Waals surface area (Å²) in [6, 6.07) is 4.61. The van der Waals surface area contributed by atoms with Gasteiger partial charge in [0.1, 0.15) is 11.5 Å². The summed E-state index contributed by atoms with van der Waals surface area (Å²) in [7, 11) is 3.05. The number of methoxy groups -OCH3 is 2. The largest absolute Gasteiger partial charge is 0.497 e. The number of oxime groups is 1. The summed E-state index contributed by atoms with van der Waals surface area (Å²) >= 11 is 0. The quantitative estimate of drug-likeness (QED) is 0.374. The van der Waals surface area contributed by atoms with Crippen molar-refractivity contribution in [2.24, 2.45) is 10.9 Å². The number of rotatable bonds is 4. The Balaban J connectivity index is 2.31. The average Bonchev–Trinajstić information content (AvgIpc) is 3.02. The van der Waals surface area contributed by atoms with E-state index >= 15 is 0 Å². The van der Waals surface area contributed by atoms with E-state index in [1.54, 1.807) is 23.1 Å². The van der Waals surface area contributed by atoms with Crippen molar-refractivity contribution in [3.63, 3.8) is 0 Å². The van der Waals surface area contributed by atoms with Gasteiger partial charge < -0.3 is 25.3 Å². The molecule has 0 aliphatic carbocycles. The van der Waals surface area contributed by atoms with Crippen molar-refractivity contribution in [2.75, 3.05) is 20.8 Å². The van der Waals surface area contributed by atoms with E-state index in [0.29, 0.717) is 30.0 Å². The summed E-state index contributed by atoms with van der Waals surface area (Å²) in [6.07, 6.45) is 1.50. The number of benzene rings is 1. The molecule has 2 rings (SSSR count). The number of hydrogen-bond acceptors (Lipinski definition) is 5. The number of carbonyl (C=O) groups excluding carboxylic acids is 1. The minimum atomic E-state index is -0.375. The third-order valence-corrected chi connectivity index (χ3v) is 3.57.